The molecule has 1 amide bonds. The summed E-state index contributed by atoms with van der Waals surface area (Å²) in [6.45, 7) is 2.39. The van der Waals surface area contributed by atoms with Crippen molar-refractivity contribution in [2.75, 3.05) is 19.8 Å². The van der Waals surface area contributed by atoms with Gasteiger partial charge in [0, 0.05) is 30.3 Å². The predicted octanol–water partition coefficient (Wildman–Crippen LogP) is 3.17. The number of hydrogen-bond donors (Lipinski definition) is 1. The number of nitrogens with zero attached hydrogens (tertiary/aromatic N) is 1. The molecule has 1 saturated heterocycles. The molecule has 1 aliphatic heterocycles. The Morgan fingerprint density at radius 1 is 1.29 bits per heavy atom. The minimum Gasteiger partial charge on any atom is -0.486 e. The van der Waals surface area contributed by atoms with E-state index in [1.165, 1.54) is 0 Å². The number of benzene rings is 1. The van der Waals surface area contributed by atoms with Crippen molar-refractivity contribution in [3.63, 3.8) is 0 Å². The third kappa shape index (κ3) is 4.82. The topological polar surface area (TPSA) is 73.6 Å². The van der Waals surface area contributed by atoms with E-state index in [-0.39, 0.29) is 18.2 Å². The van der Waals surface area contributed by atoms with Crippen LogP contribution < -0.4 is 10.1 Å². The molecule has 2 heterocycles. The molecule has 1 aromatic heterocycles. The molecule has 6 nitrogen and oxygen atoms in total. The lowest BCUT2D eigenvalue weighted by Crippen LogP contribution is -2.32. The van der Waals surface area contributed by atoms with Crippen LogP contribution in [0.5, 0.6) is 5.75 Å². The zero-order valence-electron chi connectivity index (χ0n) is 13.2. The maximum Gasteiger partial charge on any atom is 0.273 e. The van der Waals surface area contributed by atoms with Crippen molar-refractivity contribution in [1.82, 2.24) is 10.5 Å². The molecule has 1 N–H and O–H groups in total. The van der Waals surface area contributed by atoms with Gasteiger partial charge in [-0.15, -0.1) is 0 Å². The second-order valence-corrected chi connectivity index (χ2v) is 6.60. The van der Waals surface area contributed by atoms with Gasteiger partial charge in [0.05, 0.1) is 0 Å². The van der Waals surface area contributed by atoms with Gasteiger partial charge in [0.25, 0.3) is 5.91 Å². The Balaban J connectivity index is 1.47. The van der Waals surface area contributed by atoms with Crippen LogP contribution in [0.25, 0.3) is 0 Å². The van der Waals surface area contributed by atoms with Crippen molar-refractivity contribution in [1.29, 1.82) is 0 Å². The number of aromatic nitrogens is 1. The molecule has 0 bridgehead atoms. The number of nitrogens with one attached hydrogen (secondary N) is 1. The van der Waals surface area contributed by atoms with Gasteiger partial charge in [0.15, 0.2) is 11.5 Å². The molecule has 128 valence electrons. The largest absolute Gasteiger partial charge is 0.486 e. The van der Waals surface area contributed by atoms with E-state index in [0.29, 0.717) is 18.2 Å². The average Bonchev–Trinajstić information content (AvgIpc) is 3.09. The van der Waals surface area contributed by atoms with Crippen LogP contribution in [-0.2, 0) is 11.3 Å². The van der Waals surface area contributed by atoms with Gasteiger partial charge < -0.3 is 19.3 Å². The SMILES string of the molecule is O=C(NCC1CCOCC1)c1cc(COc2ccc(Br)cc2)on1. The zero-order chi connectivity index (χ0) is 16.8. The molecule has 1 fully saturated rings. The van der Waals surface area contributed by atoms with Crippen LogP contribution in [0.1, 0.15) is 29.1 Å². The van der Waals surface area contributed by atoms with E-state index >= 15 is 0 Å². The predicted molar refractivity (Wildman–Crippen MR) is 90.9 cm³/mol. The third-order valence-corrected chi connectivity index (χ3v) is 4.41. The van der Waals surface area contributed by atoms with Gasteiger partial charge in [-0.05, 0) is 43.0 Å². The lowest BCUT2D eigenvalue weighted by atomic mass is 10.0. The van der Waals surface area contributed by atoms with E-state index < -0.39 is 0 Å². The minimum absolute atomic E-state index is 0.222. The van der Waals surface area contributed by atoms with E-state index in [4.69, 9.17) is 14.0 Å². The Kier molecular flexibility index (Phi) is 5.87. The zero-order valence-corrected chi connectivity index (χ0v) is 14.8. The van der Waals surface area contributed by atoms with Gasteiger partial charge in [0.1, 0.15) is 12.4 Å². The van der Waals surface area contributed by atoms with Crippen LogP contribution in [0.2, 0.25) is 0 Å². The lowest BCUT2D eigenvalue weighted by molar-refractivity contribution is 0.0641. The van der Waals surface area contributed by atoms with Crippen molar-refractivity contribution in [2.45, 2.75) is 19.4 Å². The fourth-order valence-electron chi connectivity index (χ4n) is 2.45. The van der Waals surface area contributed by atoms with Crippen LogP contribution in [0.3, 0.4) is 0 Å². The van der Waals surface area contributed by atoms with E-state index in [1.807, 2.05) is 24.3 Å². The summed E-state index contributed by atoms with van der Waals surface area (Å²) >= 11 is 3.37. The quantitative estimate of drug-likeness (QED) is 0.814. The second kappa shape index (κ2) is 8.30. The van der Waals surface area contributed by atoms with Crippen LogP contribution in [0, 0.1) is 5.92 Å². The highest BCUT2D eigenvalue weighted by Gasteiger charge is 2.17. The molecule has 0 aliphatic carbocycles. The summed E-state index contributed by atoms with van der Waals surface area (Å²) in [4.78, 5) is 12.1. The Labute approximate surface area is 148 Å². The first-order valence-electron chi connectivity index (χ1n) is 7.90. The van der Waals surface area contributed by atoms with Gasteiger partial charge in [-0.3, -0.25) is 4.79 Å². The van der Waals surface area contributed by atoms with E-state index in [0.717, 1.165) is 36.3 Å². The second-order valence-electron chi connectivity index (χ2n) is 5.69. The van der Waals surface area contributed by atoms with Gasteiger partial charge in [0.2, 0.25) is 0 Å². The van der Waals surface area contributed by atoms with Crippen molar-refractivity contribution >= 4 is 21.8 Å². The molecule has 24 heavy (non-hydrogen) atoms. The van der Waals surface area contributed by atoms with Crippen molar-refractivity contribution in [3.8, 4) is 5.75 Å². The van der Waals surface area contributed by atoms with E-state index in [1.54, 1.807) is 6.07 Å². The monoisotopic (exact) mass is 394 g/mol. The van der Waals surface area contributed by atoms with Gasteiger partial charge >= 0.3 is 0 Å². The molecule has 3 rings (SSSR count). The highest BCUT2D eigenvalue weighted by molar-refractivity contribution is 9.10. The van der Waals surface area contributed by atoms with Crippen molar-refractivity contribution < 1.29 is 18.8 Å². The highest BCUT2D eigenvalue weighted by atomic mass is 79.9. The van der Waals surface area contributed by atoms with Crippen molar-refractivity contribution in [2.24, 2.45) is 5.92 Å². The van der Waals surface area contributed by atoms with Crippen LogP contribution in [0.15, 0.2) is 39.3 Å². The minimum atomic E-state index is -0.222. The normalized spacial score (nSPS) is 15.2. The Morgan fingerprint density at radius 2 is 2.04 bits per heavy atom. The van der Waals surface area contributed by atoms with Crippen molar-refractivity contribution in [3.05, 3.63) is 46.3 Å². The first kappa shape index (κ1) is 17.0. The van der Waals surface area contributed by atoms with E-state index in [9.17, 15) is 4.79 Å². The van der Waals surface area contributed by atoms with Crippen LogP contribution in [-0.4, -0.2) is 30.8 Å². The first-order chi connectivity index (χ1) is 11.7. The summed E-state index contributed by atoms with van der Waals surface area (Å²) in [5, 5.41) is 6.71. The van der Waals surface area contributed by atoms with Gasteiger partial charge in [-0.2, -0.15) is 0 Å². The average molecular weight is 395 g/mol. The highest BCUT2D eigenvalue weighted by Crippen LogP contribution is 2.18. The molecule has 1 aliphatic rings. The van der Waals surface area contributed by atoms with Gasteiger partial charge in [-0.1, -0.05) is 21.1 Å². The number of amides is 1. The summed E-state index contributed by atoms with van der Waals surface area (Å²) in [5.41, 5.74) is 0.275. The Hall–Kier alpha value is -1.86. The first-order valence-corrected chi connectivity index (χ1v) is 8.70. The van der Waals surface area contributed by atoms with Crippen LogP contribution in [0.4, 0.5) is 0 Å². The third-order valence-electron chi connectivity index (χ3n) is 3.88. The molecule has 0 unspecified atom stereocenters. The molecule has 0 spiro atoms. The Morgan fingerprint density at radius 3 is 2.79 bits per heavy atom. The van der Waals surface area contributed by atoms with E-state index in [2.05, 4.69) is 26.4 Å². The molecule has 2 aromatic rings. The summed E-state index contributed by atoms with van der Waals surface area (Å²) in [5.74, 6) is 1.48. The summed E-state index contributed by atoms with van der Waals surface area (Å²) in [6.07, 6.45) is 1.96. The number of halogens is 1. The molecule has 1 aromatic carbocycles. The number of ether oxygens (including phenoxy) is 2. The fraction of sp³-hybridized carbons (Fsp3) is 0.412. The molecule has 0 radical (unpaired) electrons. The van der Waals surface area contributed by atoms with Gasteiger partial charge in [-0.25, -0.2) is 0 Å². The standard InChI is InChI=1S/C17H19BrN2O4/c18-13-1-3-14(4-2-13)23-11-15-9-16(20-24-15)17(21)19-10-12-5-7-22-8-6-12/h1-4,9,12H,5-8,10-11H2,(H,19,21). The Bertz CT molecular complexity index is 665. The molecule has 7 heteroatoms. The number of rotatable bonds is 6. The maximum absolute atomic E-state index is 12.1. The number of carbonyl (C=O) groups excluding carboxylic acids is 1. The molecular weight excluding hydrogens is 376 g/mol. The molecular formula is C17H19BrN2O4. The molecule has 0 atom stereocenters. The lowest BCUT2D eigenvalue weighted by Gasteiger charge is -2.21. The number of carbonyl (C=O) groups is 1. The number of hydrogen-bond acceptors (Lipinski definition) is 5. The summed E-state index contributed by atoms with van der Waals surface area (Å²) in [6, 6.07) is 9.10. The summed E-state index contributed by atoms with van der Waals surface area (Å²) < 4.78 is 17.0. The van der Waals surface area contributed by atoms with Crippen LogP contribution >= 0.6 is 15.9 Å². The fourth-order valence-corrected chi connectivity index (χ4v) is 2.72. The molecule has 0 saturated carbocycles. The summed E-state index contributed by atoms with van der Waals surface area (Å²) in [7, 11) is 0. The smallest absolute Gasteiger partial charge is 0.273 e. The maximum atomic E-state index is 12.1.